The van der Waals surface area contributed by atoms with Crippen LogP contribution in [0.15, 0.2) is 84.9 Å². The molecule has 3 aromatic carbocycles. The lowest BCUT2D eigenvalue weighted by Crippen LogP contribution is -2.29. The van der Waals surface area contributed by atoms with Gasteiger partial charge in [0, 0.05) is 17.7 Å². The second kappa shape index (κ2) is 8.48. The Labute approximate surface area is 152 Å². The van der Waals surface area contributed by atoms with Crippen LogP contribution in [0.25, 0.3) is 0 Å². The van der Waals surface area contributed by atoms with Gasteiger partial charge >= 0.3 is 0 Å². The number of carbonyl (C=O) groups excluding carboxylic acids is 2. The summed E-state index contributed by atoms with van der Waals surface area (Å²) in [6.07, 6.45) is 0. The molecule has 3 N–H and O–H groups in total. The standard InChI is InChI=1S/C21H19N3O2/c25-20(22-15-16-7-3-1-4-8-16)17-11-13-18(14-12-17)21(26)24-23-19-9-5-2-6-10-19/h1-14,23H,15H2,(H,22,25)(H,24,26). The number of benzene rings is 3. The van der Waals surface area contributed by atoms with Gasteiger partial charge in [-0.3, -0.25) is 20.4 Å². The van der Waals surface area contributed by atoms with Crippen molar-refractivity contribution in [2.45, 2.75) is 6.54 Å². The topological polar surface area (TPSA) is 70.2 Å². The molecule has 3 aromatic rings. The first-order chi connectivity index (χ1) is 12.7. The monoisotopic (exact) mass is 345 g/mol. The smallest absolute Gasteiger partial charge is 0.269 e. The van der Waals surface area contributed by atoms with Crippen LogP contribution >= 0.6 is 0 Å². The lowest BCUT2D eigenvalue weighted by Gasteiger charge is -2.09. The van der Waals surface area contributed by atoms with Gasteiger partial charge in [0.1, 0.15) is 0 Å². The number of amides is 2. The lowest BCUT2D eigenvalue weighted by molar-refractivity contribution is 0.0943. The van der Waals surface area contributed by atoms with Gasteiger partial charge in [0.25, 0.3) is 11.8 Å². The fourth-order valence-corrected chi connectivity index (χ4v) is 2.38. The Morgan fingerprint density at radius 1 is 0.654 bits per heavy atom. The molecule has 0 bridgehead atoms. The zero-order valence-corrected chi connectivity index (χ0v) is 14.1. The summed E-state index contributed by atoms with van der Waals surface area (Å²) in [5, 5.41) is 2.86. The van der Waals surface area contributed by atoms with Gasteiger partial charge in [0.05, 0.1) is 5.69 Å². The number of hydrogen-bond acceptors (Lipinski definition) is 3. The van der Waals surface area contributed by atoms with Crippen molar-refractivity contribution in [1.29, 1.82) is 0 Å². The third kappa shape index (κ3) is 4.70. The van der Waals surface area contributed by atoms with E-state index in [9.17, 15) is 9.59 Å². The molecule has 0 aromatic heterocycles. The molecule has 0 aliphatic rings. The van der Waals surface area contributed by atoms with Crippen molar-refractivity contribution in [3.8, 4) is 0 Å². The van der Waals surface area contributed by atoms with E-state index in [1.165, 1.54) is 0 Å². The van der Waals surface area contributed by atoms with E-state index in [0.717, 1.165) is 11.3 Å². The highest BCUT2D eigenvalue weighted by Gasteiger charge is 2.08. The Hall–Kier alpha value is -3.60. The van der Waals surface area contributed by atoms with Crippen LogP contribution in [0.5, 0.6) is 0 Å². The van der Waals surface area contributed by atoms with Gasteiger partial charge in [0.2, 0.25) is 0 Å². The molecule has 5 heteroatoms. The lowest BCUT2D eigenvalue weighted by atomic mass is 10.1. The summed E-state index contributed by atoms with van der Waals surface area (Å²) in [4.78, 5) is 24.3. The minimum Gasteiger partial charge on any atom is -0.348 e. The first kappa shape index (κ1) is 17.2. The van der Waals surface area contributed by atoms with Gasteiger partial charge < -0.3 is 5.32 Å². The first-order valence-corrected chi connectivity index (χ1v) is 8.26. The van der Waals surface area contributed by atoms with Gasteiger partial charge in [-0.25, -0.2) is 0 Å². The van der Waals surface area contributed by atoms with Crippen LogP contribution in [0.3, 0.4) is 0 Å². The first-order valence-electron chi connectivity index (χ1n) is 8.26. The highest BCUT2D eigenvalue weighted by molar-refractivity contribution is 5.98. The quantitative estimate of drug-likeness (QED) is 0.600. The van der Waals surface area contributed by atoms with E-state index in [4.69, 9.17) is 0 Å². The summed E-state index contributed by atoms with van der Waals surface area (Å²) < 4.78 is 0. The number of carbonyl (C=O) groups is 2. The van der Waals surface area contributed by atoms with Crippen LogP contribution < -0.4 is 16.2 Å². The highest BCUT2D eigenvalue weighted by atomic mass is 16.2. The Bertz CT molecular complexity index is 788. The second-order valence-corrected chi connectivity index (χ2v) is 5.69. The van der Waals surface area contributed by atoms with Crippen molar-refractivity contribution in [3.05, 3.63) is 102 Å². The van der Waals surface area contributed by atoms with Crippen LogP contribution in [0.2, 0.25) is 0 Å². The predicted octanol–water partition coefficient (Wildman–Crippen LogP) is 3.37. The van der Waals surface area contributed by atoms with E-state index in [0.29, 0.717) is 17.7 Å². The normalized spacial score (nSPS) is 10.0. The van der Waals surface area contributed by atoms with Crippen LogP contribution in [0, 0.1) is 0 Å². The molecule has 5 nitrogen and oxygen atoms in total. The molecule has 0 unspecified atom stereocenters. The molecule has 0 radical (unpaired) electrons. The zero-order valence-electron chi connectivity index (χ0n) is 14.1. The van der Waals surface area contributed by atoms with Crippen molar-refractivity contribution in [2.24, 2.45) is 0 Å². The van der Waals surface area contributed by atoms with E-state index in [1.807, 2.05) is 60.7 Å². The highest BCUT2D eigenvalue weighted by Crippen LogP contribution is 2.07. The molecule has 0 spiro atoms. The average Bonchev–Trinajstić information content (AvgIpc) is 2.72. The van der Waals surface area contributed by atoms with Crippen LogP contribution in [0.4, 0.5) is 5.69 Å². The molecular formula is C21H19N3O2. The molecule has 0 fully saturated rings. The molecule has 0 aliphatic heterocycles. The van der Waals surface area contributed by atoms with E-state index >= 15 is 0 Å². The summed E-state index contributed by atoms with van der Waals surface area (Å²) in [6, 6.07) is 25.6. The van der Waals surface area contributed by atoms with E-state index in [-0.39, 0.29) is 11.8 Å². The fourth-order valence-electron chi connectivity index (χ4n) is 2.38. The van der Waals surface area contributed by atoms with Crippen molar-refractivity contribution in [1.82, 2.24) is 10.7 Å². The molecule has 0 atom stereocenters. The summed E-state index contributed by atoms with van der Waals surface area (Å²) in [7, 11) is 0. The summed E-state index contributed by atoms with van der Waals surface area (Å²) in [5.74, 6) is -0.451. The maximum absolute atomic E-state index is 12.2. The molecule has 3 rings (SSSR count). The average molecular weight is 345 g/mol. The van der Waals surface area contributed by atoms with Gasteiger partial charge in [-0.05, 0) is 42.0 Å². The molecule has 0 saturated heterocycles. The predicted molar refractivity (Wildman–Crippen MR) is 102 cm³/mol. The van der Waals surface area contributed by atoms with Gasteiger partial charge in [-0.1, -0.05) is 48.5 Å². The second-order valence-electron chi connectivity index (χ2n) is 5.69. The summed E-state index contributed by atoms with van der Waals surface area (Å²) >= 11 is 0. The molecule has 130 valence electrons. The Balaban J connectivity index is 1.53. The minimum absolute atomic E-state index is 0.178. The van der Waals surface area contributed by atoms with Crippen LogP contribution in [0.1, 0.15) is 26.3 Å². The zero-order chi connectivity index (χ0) is 18.2. The minimum atomic E-state index is -0.273. The number of para-hydroxylation sites is 1. The molecule has 0 saturated carbocycles. The molecule has 0 heterocycles. The third-order valence-electron chi connectivity index (χ3n) is 3.80. The molecular weight excluding hydrogens is 326 g/mol. The van der Waals surface area contributed by atoms with E-state index < -0.39 is 0 Å². The molecule has 0 aliphatic carbocycles. The number of nitrogens with one attached hydrogen (secondary N) is 3. The Kier molecular flexibility index (Phi) is 5.62. The number of hydrazine groups is 1. The van der Waals surface area contributed by atoms with Crippen molar-refractivity contribution in [3.63, 3.8) is 0 Å². The van der Waals surface area contributed by atoms with Crippen molar-refractivity contribution < 1.29 is 9.59 Å². The third-order valence-corrected chi connectivity index (χ3v) is 3.80. The molecule has 2 amide bonds. The van der Waals surface area contributed by atoms with Gasteiger partial charge in [-0.15, -0.1) is 0 Å². The van der Waals surface area contributed by atoms with Crippen LogP contribution in [-0.4, -0.2) is 11.8 Å². The van der Waals surface area contributed by atoms with Gasteiger partial charge in [0.15, 0.2) is 0 Å². The Morgan fingerprint density at radius 2 is 1.19 bits per heavy atom. The SMILES string of the molecule is O=C(NCc1ccccc1)c1ccc(C(=O)NNc2ccccc2)cc1. The summed E-state index contributed by atoms with van der Waals surface area (Å²) in [5.41, 5.74) is 8.26. The van der Waals surface area contributed by atoms with Crippen molar-refractivity contribution in [2.75, 3.05) is 5.43 Å². The van der Waals surface area contributed by atoms with Crippen LogP contribution in [-0.2, 0) is 6.54 Å². The number of hydrogen-bond donors (Lipinski definition) is 3. The largest absolute Gasteiger partial charge is 0.348 e. The fraction of sp³-hybridized carbons (Fsp3) is 0.0476. The summed E-state index contributed by atoms with van der Waals surface area (Å²) in [6.45, 7) is 0.461. The van der Waals surface area contributed by atoms with E-state index in [1.54, 1.807) is 24.3 Å². The number of rotatable bonds is 6. The maximum Gasteiger partial charge on any atom is 0.269 e. The number of anilines is 1. The van der Waals surface area contributed by atoms with E-state index in [2.05, 4.69) is 16.2 Å². The van der Waals surface area contributed by atoms with Crippen molar-refractivity contribution >= 4 is 17.5 Å². The molecule has 26 heavy (non-hydrogen) atoms. The van der Waals surface area contributed by atoms with Gasteiger partial charge in [-0.2, -0.15) is 0 Å². The maximum atomic E-state index is 12.2. The Morgan fingerprint density at radius 3 is 1.81 bits per heavy atom.